The van der Waals surface area contributed by atoms with Crippen molar-refractivity contribution in [3.63, 3.8) is 0 Å². The molecule has 2 aromatic rings. The monoisotopic (exact) mass is 347 g/mol. The molecule has 1 aliphatic heterocycles. The summed E-state index contributed by atoms with van der Waals surface area (Å²) in [6.45, 7) is 9.14. The minimum Gasteiger partial charge on any atom is -0.465 e. The lowest BCUT2D eigenvalue weighted by Gasteiger charge is -2.33. The van der Waals surface area contributed by atoms with Gasteiger partial charge >= 0.3 is 0 Å². The zero-order valence-corrected chi connectivity index (χ0v) is 15.0. The van der Waals surface area contributed by atoms with Gasteiger partial charge in [0.25, 0.3) is 0 Å². The number of morpholine rings is 1. The highest BCUT2D eigenvalue weighted by Gasteiger charge is 2.26. The number of hydrogen-bond donors (Lipinski definition) is 1. The van der Waals surface area contributed by atoms with E-state index in [1.807, 2.05) is 32.9 Å². The zero-order valence-electron chi connectivity index (χ0n) is 15.0. The molecule has 136 valence electrons. The SMILES string of the molecule is Cc1ccc([C@@H](CNC(=O)Cc2c(C)noc2C)N2CCOCC2)o1. The molecule has 0 spiro atoms. The lowest BCUT2D eigenvalue weighted by Crippen LogP contribution is -2.44. The van der Waals surface area contributed by atoms with Gasteiger partial charge in [0.1, 0.15) is 17.3 Å². The first-order valence-corrected chi connectivity index (χ1v) is 8.61. The van der Waals surface area contributed by atoms with Crippen LogP contribution in [0.5, 0.6) is 0 Å². The summed E-state index contributed by atoms with van der Waals surface area (Å²) >= 11 is 0. The van der Waals surface area contributed by atoms with Crippen molar-refractivity contribution < 1.29 is 18.5 Å². The van der Waals surface area contributed by atoms with Crippen LogP contribution in [-0.2, 0) is 16.0 Å². The Hall–Kier alpha value is -2.12. The number of furan rings is 1. The summed E-state index contributed by atoms with van der Waals surface area (Å²) in [6, 6.07) is 3.94. The molecule has 1 amide bonds. The Balaban J connectivity index is 1.64. The minimum absolute atomic E-state index is 0.00576. The fraction of sp³-hybridized carbons (Fsp3) is 0.556. The van der Waals surface area contributed by atoms with Crippen molar-refractivity contribution in [1.82, 2.24) is 15.4 Å². The molecule has 0 radical (unpaired) electrons. The van der Waals surface area contributed by atoms with Crippen LogP contribution < -0.4 is 5.32 Å². The van der Waals surface area contributed by atoms with Crippen LogP contribution in [0.25, 0.3) is 0 Å². The van der Waals surface area contributed by atoms with E-state index in [2.05, 4.69) is 15.4 Å². The first-order valence-electron chi connectivity index (χ1n) is 8.61. The van der Waals surface area contributed by atoms with E-state index in [-0.39, 0.29) is 18.4 Å². The maximum absolute atomic E-state index is 12.4. The fourth-order valence-corrected chi connectivity index (χ4v) is 3.12. The number of rotatable bonds is 6. The molecule has 0 bridgehead atoms. The van der Waals surface area contributed by atoms with Gasteiger partial charge < -0.3 is 19.0 Å². The normalized spacial score (nSPS) is 16.8. The van der Waals surface area contributed by atoms with Gasteiger partial charge in [-0.2, -0.15) is 0 Å². The highest BCUT2D eigenvalue weighted by atomic mass is 16.5. The standard InChI is InChI=1S/C18H25N3O4/c1-12-4-5-17(24-12)16(21-6-8-23-9-7-21)11-19-18(22)10-15-13(2)20-25-14(15)3/h4-5,16H,6-11H2,1-3H3,(H,19,22)/t16-/m1/s1. The Kier molecular flexibility index (Phi) is 5.55. The summed E-state index contributed by atoms with van der Waals surface area (Å²) in [7, 11) is 0. The number of carbonyl (C=O) groups excluding carboxylic acids is 1. The summed E-state index contributed by atoms with van der Waals surface area (Å²) in [6.07, 6.45) is 0.272. The molecule has 1 fully saturated rings. The third-order valence-corrected chi connectivity index (χ3v) is 4.59. The number of hydrogen-bond acceptors (Lipinski definition) is 6. The highest BCUT2D eigenvalue weighted by Crippen LogP contribution is 2.23. The molecule has 0 aromatic carbocycles. The molecule has 1 aliphatic rings. The van der Waals surface area contributed by atoms with Crippen LogP contribution in [0.3, 0.4) is 0 Å². The molecule has 1 atom stereocenters. The maximum Gasteiger partial charge on any atom is 0.224 e. The Labute approximate surface area is 147 Å². The molecule has 0 unspecified atom stereocenters. The molecule has 0 aliphatic carbocycles. The summed E-state index contributed by atoms with van der Waals surface area (Å²) in [4.78, 5) is 14.7. The van der Waals surface area contributed by atoms with E-state index in [1.54, 1.807) is 0 Å². The van der Waals surface area contributed by atoms with E-state index in [9.17, 15) is 4.79 Å². The van der Waals surface area contributed by atoms with Gasteiger partial charge in [0, 0.05) is 25.2 Å². The van der Waals surface area contributed by atoms with E-state index >= 15 is 0 Å². The van der Waals surface area contributed by atoms with Crippen LogP contribution in [0.4, 0.5) is 0 Å². The molecule has 1 saturated heterocycles. The number of aromatic nitrogens is 1. The number of amides is 1. The number of nitrogens with zero attached hydrogens (tertiary/aromatic N) is 2. The summed E-state index contributed by atoms with van der Waals surface area (Å²) in [5.74, 6) is 2.39. The molecule has 7 heteroatoms. The van der Waals surface area contributed by atoms with E-state index < -0.39 is 0 Å². The predicted molar refractivity (Wildman–Crippen MR) is 91.3 cm³/mol. The van der Waals surface area contributed by atoms with Crippen molar-refractivity contribution in [3.8, 4) is 0 Å². The average molecular weight is 347 g/mol. The molecule has 0 saturated carbocycles. The topological polar surface area (TPSA) is 80.7 Å². The van der Waals surface area contributed by atoms with Gasteiger partial charge in [0.15, 0.2) is 0 Å². The van der Waals surface area contributed by atoms with Crippen LogP contribution in [0.15, 0.2) is 21.1 Å². The smallest absolute Gasteiger partial charge is 0.224 e. The van der Waals surface area contributed by atoms with E-state index in [0.29, 0.717) is 25.5 Å². The van der Waals surface area contributed by atoms with Crippen molar-refractivity contribution in [2.45, 2.75) is 33.2 Å². The van der Waals surface area contributed by atoms with Crippen molar-refractivity contribution >= 4 is 5.91 Å². The number of carbonyl (C=O) groups is 1. The molecule has 3 heterocycles. The lowest BCUT2D eigenvalue weighted by molar-refractivity contribution is -0.120. The molecule has 1 N–H and O–H groups in total. The second-order valence-electron chi connectivity index (χ2n) is 6.40. The van der Waals surface area contributed by atoms with Gasteiger partial charge in [-0.3, -0.25) is 9.69 Å². The van der Waals surface area contributed by atoms with Crippen LogP contribution in [0, 0.1) is 20.8 Å². The van der Waals surface area contributed by atoms with Crippen LogP contribution in [-0.4, -0.2) is 48.8 Å². The molecule has 2 aromatic heterocycles. The Morgan fingerprint density at radius 3 is 2.64 bits per heavy atom. The third kappa shape index (κ3) is 4.29. The van der Waals surface area contributed by atoms with Gasteiger partial charge in [-0.25, -0.2) is 0 Å². The minimum atomic E-state index is -0.0454. The van der Waals surface area contributed by atoms with Gasteiger partial charge in [-0.15, -0.1) is 0 Å². The lowest BCUT2D eigenvalue weighted by atomic mass is 10.1. The number of aryl methyl sites for hydroxylation is 3. The Bertz CT molecular complexity index is 696. The average Bonchev–Trinajstić information content (AvgIpc) is 3.17. The Morgan fingerprint density at radius 1 is 1.28 bits per heavy atom. The molecule has 3 rings (SSSR count). The van der Waals surface area contributed by atoms with Crippen molar-refractivity contribution in [1.29, 1.82) is 0 Å². The molecular formula is C18H25N3O4. The van der Waals surface area contributed by atoms with Gasteiger partial charge in [0.05, 0.1) is 31.4 Å². The van der Waals surface area contributed by atoms with Gasteiger partial charge in [-0.1, -0.05) is 5.16 Å². The molecule has 25 heavy (non-hydrogen) atoms. The van der Waals surface area contributed by atoms with Crippen LogP contribution in [0.2, 0.25) is 0 Å². The largest absolute Gasteiger partial charge is 0.465 e. The van der Waals surface area contributed by atoms with E-state index in [1.165, 1.54) is 0 Å². The van der Waals surface area contributed by atoms with Gasteiger partial charge in [-0.05, 0) is 32.9 Å². The predicted octanol–water partition coefficient (Wildman–Crippen LogP) is 1.93. The second kappa shape index (κ2) is 7.84. The van der Waals surface area contributed by atoms with Crippen molar-refractivity contribution in [3.05, 3.63) is 40.7 Å². The first-order chi connectivity index (χ1) is 12.0. The molecular weight excluding hydrogens is 322 g/mol. The Morgan fingerprint density at radius 2 is 2.04 bits per heavy atom. The number of nitrogens with one attached hydrogen (secondary N) is 1. The number of ether oxygens (including phenoxy) is 1. The van der Waals surface area contributed by atoms with Crippen LogP contribution >= 0.6 is 0 Å². The van der Waals surface area contributed by atoms with Gasteiger partial charge in [0.2, 0.25) is 5.91 Å². The van der Waals surface area contributed by atoms with Crippen molar-refractivity contribution in [2.75, 3.05) is 32.8 Å². The van der Waals surface area contributed by atoms with E-state index in [4.69, 9.17) is 13.7 Å². The third-order valence-electron chi connectivity index (χ3n) is 4.59. The first kappa shape index (κ1) is 17.7. The van der Waals surface area contributed by atoms with Crippen LogP contribution in [0.1, 0.15) is 34.6 Å². The zero-order chi connectivity index (χ0) is 17.8. The highest BCUT2D eigenvalue weighted by molar-refractivity contribution is 5.79. The summed E-state index contributed by atoms with van der Waals surface area (Å²) in [5.41, 5.74) is 1.62. The maximum atomic E-state index is 12.4. The van der Waals surface area contributed by atoms with E-state index in [0.717, 1.165) is 35.9 Å². The quantitative estimate of drug-likeness (QED) is 0.860. The van der Waals surface area contributed by atoms with Crippen molar-refractivity contribution in [2.24, 2.45) is 0 Å². The summed E-state index contributed by atoms with van der Waals surface area (Å²) in [5, 5.41) is 6.93. The fourth-order valence-electron chi connectivity index (χ4n) is 3.12. The second-order valence-corrected chi connectivity index (χ2v) is 6.40. The summed E-state index contributed by atoms with van der Waals surface area (Å²) < 4.78 is 16.4. The molecule has 7 nitrogen and oxygen atoms in total.